The minimum atomic E-state index is -4.63. The molecule has 0 saturated carbocycles. The quantitative estimate of drug-likeness (QED) is 0.154. The lowest BCUT2D eigenvalue weighted by Crippen LogP contribution is -2.28. The molecule has 0 aliphatic rings. The fourth-order valence-corrected chi connectivity index (χ4v) is 3.81. The van der Waals surface area contributed by atoms with Crippen molar-refractivity contribution in [2.75, 3.05) is 25.0 Å². The summed E-state index contributed by atoms with van der Waals surface area (Å²) in [5, 5.41) is 14.1. The average molecular weight is 514 g/mol. The highest BCUT2D eigenvalue weighted by molar-refractivity contribution is 5.96. The van der Waals surface area contributed by atoms with Crippen LogP contribution in [0.2, 0.25) is 0 Å². The lowest BCUT2D eigenvalue weighted by molar-refractivity contribution is -0.140. The third kappa shape index (κ3) is 5.54. The second kappa shape index (κ2) is 10.7. The number of anilines is 2. The Bertz CT molecular complexity index is 1440. The first-order chi connectivity index (χ1) is 17.7. The first-order valence-electron chi connectivity index (χ1n) is 11.1. The molecule has 0 spiro atoms. The topological polar surface area (TPSA) is 112 Å². The number of H-pyrrole nitrogens is 1. The summed E-state index contributed by atoms with van der Waals surface area (Å²) in [6.07, 6.45) is 6.30. The molecule has 9 nitrogen and oxygen atoms in total. The fourth-order valence-electron chi connectivity index (χ4n) is 3.81. The predicted octanol–water partition coefficient (Wildman–Crippen LogP) is 3.67. The normalized spacial score (nSPS) is 11.5. The molecule has 0 fully saturated rings. The van der Waals surface area contributed by atoms with E-state index in [2.05, 4.69) is 36.9 Å². The number of nitrogens with one attached hydrogen (secondary N) is 4. The zero-order valence-corrected chi connectivity index (χ0v) is 19.6. The van der Waals surface area contributed by atoms with Gasteiger partial charge in [0.25, 0.3) is 5.91 Å². The largest absolute Gasteiger partial charge is 0.433 e. The van der Waals surface area contributed by atoms with Crippen molar-refractivity contribution in [2.24, 2.45) is 0 Å². The fraction of sp³-hybridized carbons (Fsp3) is 0.250. The van der Waals surface area contributed by atoms with E-state index in [1.807, 2.05) is 5.10 Å². The number of nitrogens with zero attached hydrogens (tertiary/aromatic N) is 4. The Labute approximate surface area is 208 Å². The Kier molecular flexibility index (Phi) is 7.40. The van der Waals surface area contributed by atoms with E-state index in [-0.39, 0.29) is 34.0 Å². The van der Waals surface area contributed by atoms with Gasteiger partial charge in [0, 0.05) is 24.6 Å². The van der Waals surface area contributed by atoms with Crippen LogP contribution < -0.4 is 16.0 Å². The molecule has 4 rings (SSSR count). The van der Waals surface area contributed by atoms with E-state index >= 15 is 0 Å². The number of hydrogen-bond acceptors (Lipinski definition) is 6. The zero-order chi connectivity index (χ0) is 26.6. The molecule has 37 heavy (non-hydrogen) atoms. The first-order valence-corrected chi connectivity index (χ1v) is 11.1. The van der Waals surface area contributed by atoms with Crippen LogP contribution in [-0.2, 0) is 6.18 Å². The van der Waals surface area contributed by atoms with E-state index in [9.17, 15) is 22.4 Å². The maximum Gasteiger partial charge on any atom is 0.433 e. The maximum absolute atomic E-state index is 14.9. The molecule has 0 unspecified atom stereocenters. The molecule has 13 heteroatoms. The van der Waals surface area contributed by atoms with Gasteiger partial charge in [-0.25, -0.2) is 14.4 Å². The SMILES string of the molecule is C#CCNCCCNC(=O)c1c(C)cc(Nc2nccn3c(-c4cn[nH]c4C(F)(F)F)cnc23)cc1F. The number of hydrogen-bond donors (Lipinski definition) is 4. The van der Waals surface area contributed by atoms with Gasteiger partial charge >= 0.3 is 6.18 Å². The van der Waals surface area contributed by atoms with Crippen molar-refractivity contribution < 1.29 is 22.4 Å². The number of imidazole rings is 1. The van der Waals surface area contributed by atoms with Gasteiger partial charge in [-0.3, -0.25) is 14.3 Å². The summed E-state index contributed by atoms with van der Waals surface area (Å²) in [6.45, 7) is 2.98. The van der Waals surface area contributed by atoms with E-state index in [4.69, 9.17) is 6.42 Å². The van der Waals surface area contributed by atoms with Crippen molar-refractivity contribution in [1.29, 1.82) is 0 Å². The molecule has 0 aliphatic heterocycles. The summed E-state index contributed by atoms with van der Waals surface area (Å²) >= 11 is 0. The lowest BCUT2D eigenvalue weighted by atomic mass is 10.1. The van der Waals surface area contributed by atoms with Gasteiger partial charge in [-0.1, -0.05) is 5.92 Å². The summed E-state index contributed by atoms with van der Waals surface area (Å²) in [4.78, 5) is 20.9. The van der Waals surface area contributed by atoms with Crippen LogP contribution in [0.15, 0.2) is 36.9 Å². The molecule has 192 valence electrons. The van der Waals surface area contributed by atoms with Crippen LogP contribution in [0.4, 0.5) is 29.1 Å². The first kappa shape index (κ1) is 25.6. The maximum atomic E-state index is 14.9. The third-order valence-electron chi connectivity index (χ3n) is 5.45. The minimum absolute atomic E-state index is 0.0870. The summed E-state index contributed by atoms with van der Waals surface area (Å²) in [5.74, 6) is 1.34. The highest BCUT2D eigenvalue weighted by Crippen LogP contribution is 2.36. The van der Waals surface area contributed by atoms with Gasteiger partial charge in [-0.2, -0.15) is 18.3 Å². The minimum Gasteiger partial charge on any atom is -0.352 e. The van der Waals surface area contributed by atoms with Crippen LogP contribution in [0.3, 0.4) is 0 Å². The van der Waals surface area contributed by atoms with Crippen molar-refractivity contribution in [3.05, 3.63) is 59.6 Å². The van der Waals surface area contributed by atoms with Gasteiger partial charge in [-0.15, -0.1) is 6.42 Å². The predicted molar refractivity (Wildman–Crippen MR) is 129 cm³/mol. The number of carbonyl (C=O) groups excluding carboxylic acids is 1. The molecule has 4 aromatic rings. The number of benzene rings is 1. The van der Waals surface area contributed by atoms with Gasteiger partial charge in [0.15, 0.2) is 11.5 Å². The Morgan fingerprint density at radius 1 is 1.22 bits per heavy atom. The molecule has 4 N–H and O–H groups in total. The van der Waals surface area contributed by atoms with Gasteiger partial charge in [0.05, 0.1) is 35.8 Å². The number of halogens is 4. The average Bonchev–Trinajstić information content (AvgIpc) is 3.48. The monoisotopic (exact) mass is 514 g/mol. The highest BCUT2D eigenvalue weighted by Gasteiger charge is 2.36. The molecule has 1 aromatic carbocycles. The second-order valence-corrected chi connectivity index (χ2v) is 8.03. The molecule has 0 saturated heterocycles. The number of alkyl halides is 3. The molecular formula is C24H22F4N8O. The van der Waals surface area contributed by atoms with E-state index in [1.54, 1.807) is 13.0 Å². The van der Waals surface area contributed by atoms with Crippen molar-refractivity contribution in [1.82, 2.24) is 35.2 Å². The van der Waals surface area contributed by atoms with Crippen LogP contribution in [0, 0.1) is 25.1 Å². The summed E-state index contributed by atoms with van der Waals surface area (Å²) in [6, 6.07) is 2.71. The van der Waals surface area contributed by atoms with E-state index in [1.165, 1.54) is 23.0 Å². The third-order valence-corrected chi connectivity index (χ3v) is 5.45. The highest BCUT2D eigenvalue weighted by atomic mass is 19.4. The molecule has 0 radical (unpaired) electrons. The van der Waals surface area contributed by atoms with Crippen LogP contribution >= 0.6 is 0 Å². The van der Waals surface area contributed by atoms with Crippen molar-refractivity contribution in [3.63, 3.8) is 0 Å². The molecule has 3 heterocycles. The van der Waals surface area contributed by atoms with E-state index in [0.29, 0.717) is 31.6 Å². The van der Waals surface area contributed by atoms with Crippen molar-refractivity contribution in [2.45, 2.75) is 19.5 Å². The van der Waals surface area contributed by atoms with E-state index < -0.39 is 23.6 Å². The van der Waals surface area contributed by atoms with Gasteiger partial charge < -0.3 is 16.0 Å². The number of amides is 1. The lowest BCUT2D eigenvalue weighted by Gasteiger charge is -2.13. The standard InChI is InChI=1S/C24H22F4N8O/c1-3-5-29-6-4-7-31-23(37)19-14(2)10-15(11-17(19)25)34-21-22-32-13-18(36(22)9-8-30-21)16-12-33-35-20(16)24(26,27)28/h1,8-13,29H,4-7H2,2H3,(H,30,34)(H,31,37)(H,33,35). The van der Waals surface area contributed by atoms with E-state index in [0.717, 1.165) is 12.3 Å². The number of carbonyl (C=O) groups is 1. The second-order valence-electron chi connectivity index (χ2n) is 8.03. The zero-order valence-electron chi connectivity index (χ0n) is 19.6. The molecular weight excluding hydrogens is 492 g/mol. The molecule has 0 aliphatic carbocycles. The number of terminal acetylenes is 1. The smallest absolute Gasteiger partial charge is 0.352 e. The summed E-state index contributed by atoms with van der Waals surface area (Å²) in [5.41, 5.74) is -0.243. The Balaban J connectivity index is 1.54. The Morgan fingerprint density at radius 2 is 2.03 bits per heavy atom. The number of aromatic nitrogens is 5. The van der Waals surface area contributed by atoms with Gasteiger partial charge in [0.2, 0.25) is 0 Å². The number of fused-ring (bicyclic) bond motifs is 1. The van der Waals surface area contributed by atoms with Crippen LogP contribution in [-0.4, -0.2) is 50.1 Å². The molecule has 0 atom stereocenters. The van der Waals surface area contributed by atoms with Crippen molar-refractivity contribution in [3.8, 4) is 23.6 Å². The molecule has 3 aromatic heterocycles. The van der Waals surface area contributed by atoms with Crippen LogP contribution in [0.5, 0.6) is 0 Å². The molecule has 1 amide bonds. The van der Waals surface area contributed by atoms with Gasteiger partial charge in [0.1, 0.15) is 11.5 Å². The van der Waals surface area contributed by atoms with Crippen LogP contribution in [0.25, 0.3) is 16.9 Å². The Morgan fingerprint density at radius 3 is 2.76 bits per heavy atom. The number of rotatable bonds is 9. The summed E-state index contributed by atoms with van der Waals surface area (Å²) in [7, 11) is 0. The molecule has 0 bridgehead atoms. The van der Waals surface area contributed by atoms with Gasteiger partial charge in [-0.05, 0) is 37.6 Å². The summed E-state index contributed by atoms with van der Waals surface area (Å²) < 4.78 is 56.3. The number of aryl methyl sites for hydroxylation is 1. The van der Waals surface area contributed by atoms with Crippen molar-refractivity contribution >= 4 is 23.1 Å². The number of aromatic amines is 1. The van der Waals surface area contributed by atoms with Crippen LogP contribution in [0.1, 0.15) is 28.0 Å². The Hall–Kier alpha value is -4.44.